The lowest BCUT2D eigenvalue weighted by atomic mass is 10.1. The minimum Gasteiger partial charge on any atom is -0.376 e. The zero-order valence-corrected chi connectivity index (χ0v) is 10.0. The molecule has 0 aliphatic rings. The van der Waals surface area contributed by atoms with Crippen molar-refractivity contribution in [2.75, 3.05) is 30.9 Å². The molecule has 0 N–H and O–H groups in total. The normalized spacial score (nSPS) is 9.93. The molecule has 3 heteroatoms. The Morgan fingerprint density at radius 3 is 2.20 bits per heavy atom. The minimum atomic E-state index is 0.0451. The van der Waals surface area contributed by atoms with Crippen molar-refractivity contribution in [3.05, 3.63) is 23.8 Å². The first-order valence-electron chi connectivity index (χ1n) is 4.95. The SMILES string of the molecule is CC(=O)N(C)c1cc(C)ccc1N(C)C. The monoisotopic (exact) mass is 206 g/mol. The van der Waals surface area contributed by atoms with E-state index in [4.69, 9.17) is 0 Å². The molecule has 0 aromatic heterocycles. The Kier molecular flexibility index (Phi) is 3.35. The van der Waals surface area contributed by atoms with Crippen LogP contribution in [0.15, 0.2) is 18.2 Å². The highest BCUT2D eigenvalue weighted by molar-refractivity contribution is 5.94. The summed E-state index contributed by atoms with van der Waals surface area (Å²) in [6.45, 7) is 3.60. The van der Waals surface area contributed by atoms with E-state index in [2.05, 4.69) is 0 Å². The maximum atomic E-state index is 11.3. The van der Waals surface area contributed by atoms with Gasteiger partial charge in [-0.25, -0.2) is 0 Å². The van der Waals surface area contributed by atoms with Crippen LogP contribution < -0.4 is 9.80 Å². The van der Waals surface area contributed by atoms with E-state index < -0.39 is 0 Å². The minimum absolute atomic E-state index is 0.0451. The van der Waals surface area contributed by atoms with E-state index in [1.807, 2.05) is 44.1 Å². The Morgan fingerprint density at radius 2 is 1.73 bits per heavy atom. The van der Waals surface area contributed by atoms with Crippen LogP contribution in [0, 0.1) is 6.92 Å². The summed E-state index contributed by atoms with van der Waals surface area (Å²) in [5.41, 5.74) is 3.16. The van der Waals surface area contributed by atoms with Gasteiger partial charge in [0.1, 0.15) is 0 Å². The summed E-state index contributed by atoms with van der Waals surface area (Å²) in [5.74, 6) is 0.0451. The van der Waals surface area contributed by atoms with E-state index >= 15 is 0 Å². The van der Waals surface area contributed by atoms with Gasteiger partial charge in [-0.2, -0.15) is 0 Å². The highest BCUT2D eigenvalue weighted by Crippen LogP contribution is 2.28. The number of anilines is 2. The summed E-state index contributed by atoms with van der Waals surface area (Å²) in [5, 5.41) is 0. The van der Waals surface area contributed by atoms with Gasteiger partial charge in [0.15, 0.2) is 0 Å². The molecule has 0 saturated carbocycles. The Balaban J connectivity index is 3.24. The van der Waals surface area contributed by atoms with Crippen LogP contribution in [-0.4, -0.2) is 27.1 Å². The number of hydrogen-bond acceptors (Lipinski definition) is 2. The third kappa shape index (κ3) is 2.49. The third-order valence-electron chi connectivity index (χ3n) is 2.45. The molecule has 0 heterocycles. The number of amides is 1. The van der Waals surface area contributed by atoms with Crippen LogP contribution in [0.25, 0.3) is 0 Å². The lowest BCUT2D eigenvalue weighted by Gasteiger charge is -2.23. The van der Waals surface area contributed by atoms with Crippen molar-refractivity contribution in [1.82, 2.24) is 0 Å². The van der Waals surface area contributed by atoms with E-state index in [-0.39, 0.29) is 5.91 Å². The van der Waals surface area contributed by atoms with Gasteiger partial charge >= 0.3 is 0 Å². The molecule has 1 rings (SSSR count). The highest BCUT2D eigenvalue weighted by atomic mass is 16.2. The van der Waals surface area contributed by atoms with Gasteiger partial charge in [-0.3, -0.25) is 4.79 Å². The predicted octanol–water partition coefficient (Wildman–Crippen LogP) is 2.04. The number of rotatable bonds is 2. The predicted molar refractivity (Wildman–Crippen MR) is 64.6 cm³/mol. The molecular weight excluding hydrogens is 188 g/mol. The Hall–Kier alpha value is -1.51. The average molecular weight is 206 g/mol. The lowest BCUT2D eigenvalue weighted by Crippen LogP contribution is -2.25. The molecule has 1 amide bonds. The second-order valence-electron chi connectivity index (χ2n) is 3.96. The summed E-state index contributed by atoms with van der Waals surface area (Å²) in [4.78, 5) is 15.0. The fourth-order valence-corrected chi connectivity index (χ4v) is 1.45. The first-order chi connectivity index (χ1) is 6.93. The molecule has 15 heavy (non-hydrogen) atoms. The number of nitrogens with zero attached hydrogens (tertiary/aromatic N) is 2. The largest absolute Gasteiger partial charge is 0.376 e. The summed E-state index contributed by atoms with van der Waals surface area (Å²) >= 11 is 0. The maximum Gasteiger partial charge on any atom is 0.223 e. The van der Waals surface area contributed by atoms with E-state index in [0.717, 1.165) is 16.9 Å². The van der Waals surface area contributed by atoms with Crippen LogP contribution in [-0.2, 0) is 4.79 Å². The summed E-state index contributed by atoms with van der Waals surface area (Å²) in [7, 11) is 5.74. The van der Waals surface area contributed by atoms with Crippen molar-refractivity contribution >= 4 is 17.3 Å². The number of benzene rings is 1. The molecule has 0 bridgehead atoms. The summed E-state index contributed by atoms with van der Waals surface area (Å²) < 4.78 is 0. The summed E-state index contributed by atoms with van der Waals surface area (Å²) in [6.07, 6.45) is 0. The van der Waals surface area contributed by atoms with Gasteiger partial charge in [0, 0.05) is 28.1 Å². The van der Waals surface area contributed by atoms with Crippen LogP contribution in [0.4, 0.5) is 11.4 Å². The number of carbonyl (C=O) groups is 1. The zero-order chi connectivity index (χ0) is 11.6. The van der Waals surface area contributed by atoms with Gasteiger partial charge in [-0.1, -0.05) is 6.07 Å². The maximum absolute atomic E-state index is 11.3. The van der Waals surface area contributed by atoms with E-state index in [0.29, 0.717) is 0 Å². The van der Waals surface area contributed by atoms with Gasteiger partial charge in [0.25, 0.3) is 0 Å². The number of carbonyl (C=O) groups excluding carboxylic acids is 1. The molecule has 0 saturated heterocycles. The smallest absolute Gasteiger partial charge is 0.223 e. The van der Waals surface area contributed by atoms with Crippen molar-refractivity contribution < 1.29 is 4.79 Å². The molecule has 0 aliphatic heterocycles. The third-order valence-corrected chi connectivity index (χ3v) is 2.45. The molecule has 0 atom stereocenters. The average Bonchev–Trinajstić information content (AvgIpc) is 2.15. The van der Waals surface area contributed by atoms with Gasteiger partial charge in [0.05, 0.1) is 11.4 Å². The quantitative estimate of drug-likeness (QED) is 0.739. The molecule has 0 fully saturated rings. The highest BCUT2D eigenvalue weighted by Gasteiger charge is 2.12. The second kappa shape index (κ2) is 4.34. The summed E-state index contributed by atoms with van der Waals surface area (Å²) in [6, 6.07) is 6.10. The molecule has 1 aromatic rings. The van der Waals surface area contributed by atoms with Gasteiger partial charge < -0.3 is 9.80 Å². The van der Waals surface area contributed by atoms with Crippen molar-refractivity contribution in [1.29, 1.82) is 0 Å². The Labute approximate surface area is 91.3 Å². The van der Waals surface area contributed by atoms with Gasteiger partial charge in [0.2, 0.25) is 5.91 Å². The Bertz CT molecular complexity index is 372. The molecule has 0 radical (unpaired) electrons. The van der Waals surface area contributed by atoms with Crippen molar-refractivity contribution in [2.24, 2.45) is 0 Å². The molecular formula is C12H18N2O. The van der Waals surface area contributed by atoms with Crippen LogP contribution in [0.3, 0.4) is 0 Å². The van der Waals surface area contributed by atoms with Crippen LogP contribution in [0.1, 0.15) is 12.5 Å². The van der Waals surface area contributed by atoms with Crippen LogP contribution in [0.2, 0.25) is 0 Å². The van der Waals surface area contributed by atoms with Gasteiger partial charge in [-0.05, 0) is 24.6 Å². The van der Waals surface area contributed by atoms with Crippen LogP contribution >= 0.6 is 0 Å². The zero-order valence-electron chi connectivity index (χ0n) is 10.0. The standard InChI is InChI=1S/C12H18N2O/c1-9-6-7-11(13(3)4)12(8-9)14(5)10(2)15/h6-8H,1-5H3. The lowest BCUT2D eigenvalue weighted by molar-refractivity contribution is -0.116. The van der Waals surface area contributed by atoms with Crippen LogP contribution in [0.5, 0.6) is 0 Å². The number of hydrogen-bond donors (Lipinski definition) is 0. The van der Waals surface area contributed by atoms with Crippen molar-refractivity contribution in [2.45, 2.75) is 13.8 Å². The molecule has 3 nitrogen and oxygen atoms in total. The molecule has 0 spiro atoms. The first-order valence-corrected chi connectivity index (χ1v) is 4.95. The van der Waals surface area contributed by atoms with Crippen molar-refractivity contribution in [3.63, 3.8) is 0 Å². The van der Waals surface area contributed by atoms with Crippen molar-refractivity contribution in [3.8, 4) is 0 Å². The fraction of sp³-hybridized carbons (Fsp3) is 0.417. The van der Waals surface area contributed by atoms with E-state index in [1.54, 1.807) is 18.9 Å². The van der Waals surface area contributed by atoms with E-state index in [1.165, 1.54) is 0 Å². The first kappa shape index (κ1) is 11.6. The molecule has 82 valence electrons. The van der Waals surface area contributed by atoms with E-state index in [9.17, 15) is 4.79 Å². The van der Waals surface area contributed by atoms with Gasteiger partial charge in [-0.15, -0.1) is 0 Å². The molecule has 0 unspecified atom stereocenters. The second-order valence-corrected chi connectivity index (χ2v) is 3.96. The molecule has 0 aliphatic carbocycles. The topological polar surface area (TPSA) is 23.6 Å². The fourth-order valence-electron chi connectivity index (χ4n) is 1.45. The molecule has 1 aromatic carbocycles. The number of aryl methyl sites for hydroxylation is 1. The Morgan fingerprint density at radius 1 is 1.13 bits per heavy atom.